The van der Waals surface area contributed by atoms with Gasteiger partial charge >= 0.3 is 5.97 Å². The van der Waals surface area contributed by atoms with Gasteiger partial charge in [0.05, 0.1) is 5.41 Å². The van der Waals surface area contributed by atoms with Crippen molar-refractivity contribution >= 4 is 43.9 Å². The molecule has 3 N–H and O–H groups in total. The van der Waals surface area contributed by atoms with Crippen molar-refractivity contribution in [2.75, 3.05) is 17.7 Å². The molecule has 1 heterocycles. The average molecular weight is 536 g/mol. The third-order valence-corrected chi connectivity index (χ3v) is 6.67. The minimum absolute atomic E-state index is 0.0919. The predicted molar refractivity (Wildman–Crippen MR) is 139 cm³/mol. The molecule has 0 bridgehead atoms. The number of alkyl halides is 1. The molecule has 3 aromatic carbocycles. The van der Waals surface area contributed by atoms with E-state index in [1.807, 2.05) is 91.0 Å². The van der Waals surface area contributed by atoms with Gasteiger partial charge in [0, 0.05) is 5.33 Å². The molecule has 0 amide bonds. The number of nitrogens with zero attached hydrogens (tertiary/aromatic N) is 2. The maximum Gasteiger partial charge on any atom is 0.360 e. The number of benzene rings is 3. The van der Waals surface area contributed by atoms with E-state index in [-0.39, 0.29) is 23.0 Å². The SMILES string of the molecule is Nc1sc(C(c2ccccc2)(c2ccccc2)c2ccccc2)nc1C(=NOCCBr)C(=O)O. The quantitative estimate of drug-likeness (QED) is 0.0994. The molecule has 6 nitrogen and oxygen atoms in total. The zero-order chi connectivity index (χ0) is 24.0. The summed E-state index contributed by atoms with van der Waals surface area (Å²) in [6.45, 7) is 0.218. The third-order valence-electron chi connectivity index (χ3n) is 5.35. The highest BCUT2D eigenvalue weighted by atomic mass is 79.9. The smallest absolute Gasteiger partial charge is 0.360 e. The zero-order valence-corrected chi connectivity index (χ0v) is 20.5. The fourth-order valence-electron chi connectivity index (χ4n) is 3.93. The van der Waals surface area contributed by atoms with Gasteiger partial charge in [0.2, 0.25) is 5.71 Å². The van der Waals surface area contributed by atoms with Crippen LogP contribution in [-0.4, -0.2) is 33.7 Å². The molecule has 4 rings (SSSR count). The minimum atomic E-state index is -1.26. The second kappa shape index (κ2) is 10.6. The average Bonchev–Trinajstić information content (AvgIpc) is 3.25. The molecule has 0 aliphatic rings. The van der Waals surface area contributed by atoms with Gasteiger partial charge < -0.3 is 15.7 Å². The number of anilines is 1. The van der Waals surface area contributed by atoms with Gasteiger partial charge in [-0.2, -0.15) is 0 Å². The van der Waals surface area contributed by atoms with Gasteiger partial charge in [-0.05, 0) is 16.7 Å². The second-order valence-corrected chi connectivity index (χ2v) is 9.17. The Bertz CT molecular complexity index is 1180. The first-order valence-electron chi connectivity index (χ1n) is 10.5. The van der Waals surface area contributed by atoms with Crippen molar-refractivity contribution < 1.29 is 14.7 Å². The number of carboxylic acid groups (broad SMARTS) is 1. The lowest BCUT2D eigenvalue weighted by molar-refractivity contribution is -0.129. The number of oxime groups is 1. The lowest BCUT2D eigenvalue weighted by Gasteiger charge is -2.34. The summed E-state index contributed by atoms with van der Waals surface area (Å²) in [5.41, 5.74) is 8.26. The summed E-state index contributed by atoms with van der Waals surface area (Å²) in [7, 11) is 0. The summed E-state index contributed by atoms with van der Waals surface area (Å²) in [6.07, 6.45) is 0. The monoisotopic (exact) mass is 535 g/mol. The van der Waals surface area contributed by atoms with E-state index < -0.39 is 11.4 Å². The number of nitrogen functional groups attached to an aromatic ring is 1. The maximum atomic E-state index is 12.0. The van der Waals surface area contributed by atoms with Crippen LogP contribution in [-0.2, 0) is 15.0 Å². The molecular weight excluding hydrogens is 514 g/mol. The molecule has 34 heavy (non-hydrogen) atoms. The molecule has 1 aromatic heterocycles. The van der Waals surface area contributed by atoms with Gasteiger partial charge in [-0.1, -0.05) is 123 Å². The van der Waals surface area contributed by atoms with Crippen LogP contribution >= 0.6 is 27.3 Å². The molecule has 0 radical (unpaired) electrons. The summed E-state index contributed by atoms with van der Waals surface area (Å²) < 4.78 is 0. The van der Waals surface area contributed by atoms with Gasteiger partial charge in [-0.3, -0.25) is 0 Å². The molecule has 0 spiro atoms. The van der Waals surface area contributed by atoms with E-state index in [0.29, 0.717) is 10.3 Å². The Morgan fingerprint density at radius 3 is 1.82 bits per heavy atom. The summed E-state index contributed by atoms with van der Waals surface area (Å²) >= 11 is 4.48. The Morgan fingerprint density at radius 1 is 0.941 bits per heavy atom. The van der Waals surface area contributed by atoms with E-state index in [1.165, 1.54) is 11.3 Å². The number of rotatable bonds is 9. The molecule has 0 fully saturated rings. The van der Waals surface area contributed by atoms with Crippen molar-refractivity contribution in [3.63, 3.8) is 0 Å². The van der Waals surface area contributed by atoms with Crippen molar-refractivity contribution in [3.8, 4) is 0 Å². The van der Waals surface area contributed by atoms with Gasteiger partial charge in [0.15, 0.2) is 0 Å². The molecule has 0 saturated heterocycles. The van der Waals surface area contributed by atoms with Crippen molar-refractivity contribution in [2.24, 2.45) is 5.16 Å². The number of carboxylic acids is 1. The number of aromatic nitrogens is 1. The van der Waals surface area contributed by atoms with Crippen molar-refractivity contribution in [1.82, 2.24) is 4.98 Å². The first-order valence-corrected chi connectivity index (χ1v) is 12.5. The standard InChI is InChI=1S/C26H22BrN3O3S/c27-16-17-33-30-22(24(31)32)21-23(28)34-25(29-21)26(18-10-4-1-5-11-18,19-12-6-2-7-13-19)20-14-8-3-9-15-20/h1-15H,16-17,28H2,(H,31,32). The van der Waals surface area contributed by atoms with E-state index in [0.717, 1.165) is 16.7 Å². The van der Waals surface area contributed by atoms with Gasteiger partial charge in [-0.25, -0.2) is 9.78 Å². The Balaban J connectivity index is 2.02. The van der Waals surface area contributed by atoms with Crippen LogP contribution in [0.5, 0.6) is 0 Å². The number of hydrogen-bond acceptors (Lipinski definition) is 6. The molecule has 8 heteroatoms. The van der Waals surface area contributed by atoms with Gasteiger partial charge in [-0.15, -0.1) is 0 Å². The Hall–Kier alpha value is -3.49. The Morgan fingerprint density at radius 2 is 1.41 bits per heavy atom. The maximum absolute atomic E-state index is 12.0. The number of carbonyl (C=O) groups is 1. The van der Waals surface area contributed by atoms with Gasteiger partial charge in [0.1, 0.15) is 22.3 Å². The first kappa shape index (κ1) is 23.7. The first-order chi connectivity index (χ1) is 16.6. The lowest BCUT2D eigenvalue weighted by atomic mass is 9.70. The van der Waals surface area contributed by atoms with Crippen LogP contribution in [0.2, 0.25) is 0 Å². The fourth-order valence-corrected chi connectivity index (χ4v) is 5.16. The van der Waals surface area contributed by atoms with Crippen LogP contribution in [0.25, 0.3) is 0 Å². The number of aliphatic carboxylic acids is 1. The molecule has 4 aromatic rings. The topological polar surface area (TPSA) is 97.8 Å². The van der Waals surface area contributed by atoms with Crippen LogP contribution in [0.1, 0.15) is 27.4 Å². The number of nitrogens with two attached hydrogens (primary N) is 1. The highest BCUT2D eigenvalue weighted by Crippen LogP contribution is 2.47. The Labute approximate surface area is 209 Å². The molecule has 0 unspecified atom stereocenters. The summed E-state index contributed by atoms with van der Waals surface area (Å²) in [5, 5.41) is 15.0. The molecule has 0 aliphatic carbocycles. The zero-order valence-electron chi connectivity index (χ0n) is 18.1. The molecule has 0 atom stereocenters. The van der Waals surface area contributed by atoms with Crippen LogP contribution in [0.3, 0.4) is 0 Å². The van der Waals surface area contributed by atoms with E-state index in [9.17, 15) is 9.90 Å². The van der Waals surface area contributed by atoms with Gasteiger partial charge in [0.25, 0.3) is 0 Å². The van der Waals surface area contributed by atoms with E-state index >= 15 is 0 Å². The Kier molecular flexibility index (Phi) is 7.40. The fraction of sp³-hybridized carbons (Fsp3) is 0.115. The van der Waals surface area contributed by atoms with E-state index in [4.69, 9.17) is 15.6 Å². The molecular formula is C26H22BrN3O3S. The highest BCUT2D eigenvalue weighted by Gasteiger charge is 2.42. The second-order valence-electron chi connectivity index (χ2n) is 7.35. The van der Waals surface area contributed by atoms with Crippen molar-refractivity contribution in [2.45, 2.75) is 5.41 Å². The lowest BCUT2D eigenvalue weighted by Crippen LogP contribution is -2.31. The van der Waals surface area contributed by atoms with E-state index in [2.05, 4.69) is 21.1 Å². The van der Waals surface area contributed by atoms with E-state index in [1.54, 1.807) is 0 Å². The van der Waals surface area contributed by atoms with Crippen molar-refractivity contribution in [3.05, 3.63) is 118 Å². The summed E-state index contributed by atoms with van der Waals surface area (Å²) in [6, 6.07) is 30.0. The van der Waals surface area contributed by atoms with Crippen LogP contribution in [0.15, 0.2) is 96.2 Å². The molecule has 0 saturated carbocycles. The molecule has 0 aliphatic heterocycles. The number of hydrogen-bond donors (Lipinski definition) is 2. The third kappa shape index (κ3) is 4.47. The predicted octanol–water partition coefficient (Wildman–Crippen LogP) is 5.31. The summed E-state index contributed by atoms with van der Waals surface area (Å²) in [5.74, 6) is -1.26. The highest BCUT2D eigenvalue weighted by molar-refractivity contribution is 9.09. The number of halogens is 1. The number of thiazole rings is 1. The van der Waals surface area contributed by atoms with Crippen LogP contribution in [0.4, 0.5) is 5.00 Å². The van der Waals surface area contributed by atoms with Crippen molar-refractivity contribution in [1.29, 1.82) is 0 Å². The minimum Gasteiger partial charge on any atom is -0.476 e. The van der Waals surface area contributed by atoms with Crippen LogP contribution in [0, 0.1) is 0 Å². The van der Waals surface area contributed by atoms with Crippen LogP contribution < -0.4 is 5.73 Å². The summed E-state index contributed by atoms with van der Waals surface area (Å²) in [4.78, 5) is 21.9. The normalized spacial score (nSPS) is 11.9. The largest absolute Gasteiger partial charge is 0.476 e. The molecule has 172 valence electrons.